The first-order valence-electron chi connectivity index (χ1n) is 9.83. The number of anilines is 1. The summed E-state index contributed by atoms with van der Waals surface area (Å²) in [5, 5.41) is 4.99. The number of hydrogen-bond donors (Lipinski definition) is 2. The second-order valence-electron chi connectivity index (χ2n) is 6.42. The molecular weight excluding hydrogens is 425 g/mol. The maximum absolute atomic E-state index is 13.0. The Balaban J connectivity index is 2.14. The average Bonchev–Trinajstić information content (AvgIpc) is 2.74. The predicted molar refractivity (Wildman–Crippen MR) is 115 cm³/mol. The fraction of sp³-hybridized carbons (Fsp3) is 0.333. The topological polar surface area (TPSA) is 105 Å². The van der Waals surface area contributed by atoms with Crippen LogP contribution in [0, 0.1) is 5.82 Å². The molecule has 2 N–H and O–H groups in total. The van der Waals surface area contributed by atoms with E-state index in [1.807, 2.05) is 0 Å². The number of benzene rings is 2. The molecule has 0 aliphatic carbocycles. The number of nitrogens with zero attached hydrogens (tertiary/aromatic N) is 1. The quantitative estimate of drug-likeness (QED) is 0.578. The predicted octanol–water partition coefficient (Wildman–Crippen LogP) is 2.62. The lowest BCUT2D eigenvalue weighted by molar-refractivity contribution is -0.115. The standard InChI is InChI=1S/C21H26FN3O5S/c1-4-25(5-2)31(28,29)19-13-17(11-12-18(19)30-6-3)24-20(26)14-23-21(27)15-7-9-16(22)10-8-15/h7-13H,4-6,14H2,1-3H3,(H,23,27)(H,24,26). The smallest absolute Gasteiger partial charge is 0.251 e. The van der Waals surface area contributed by atoms with Gasteiger partial charge in [-0.05, 0) is 49.4 Å². The maximum atomic E-state index is 13.0. The number of hydrogen-bond acceptors (Lipinski definition) is 5. The lowest BCUT2D eigenvalue weighted by Crippen LogP contribution is -2.33. The van der Waals surface area contributed by atoms with E-state index in [9.17, 15) is 22.4 Å². The summed E-state index contributed by atoms with van der Waals surface area (Å²) in [5.41, 5.74) is 0.457. The lowest BCUT2D eigenvalue weighted by Gasteiger charge is -2.21. The number of sulfonamides is 1. The third kappa shape index (κ3) is 6.25. The summed E-state index contributed by atoms with van der Waals surface area (Å²) in [7, 11) is -3.82. The molecule has 2 amide bonds. The van der Waals surface area contributed by atoms with Gasteiger partial charge in [0.15, 0.2) is 0 Å². The van der Waals surface area contributed by atoms with Gasteiger partial charge in [-0.15, -0.1) is 0 Å². The Morgan fingerprint density at radius 1 is 1.03 bits per heavy atom. The molecule has 2 rings (SSSR count). The highest BCUT2D eigenvalue weighted by molar-refractivity contribution is 7.89. The second kappa shape index (κ2) is 10.9. The molecule has 0 saturated carbocycles. The van der Waals surface area contributed by atoms with Crippen LogP contribution in [-0.4, -0.2) is 50.8 Å². The van der Waals surface area contributed by atoms with Crippen molar-refractivity contribution in [1.29, 1.82) is 0 Å². The first-order valence-corrected chi connectivity index (χ1v) is 11.3. The van der Waals surface area contributed by atoms with E-state index in [2.05, 4.69) is 10.6 Å². The van der Waals surface area contributed by atoms with E-state index in [1.165, 1.54) is 34.6 Å². The fourth-order valence-corrected chi connectivity index (χ4v) is 4.45. The minimum atomic E-state index is -3.82. The van der Waals surface area contributed by atoms with Crippen molar-refractivity contribution in [2.24, 2.45) is 0 Å². The van der Waals surface area contributed by atoms with Gasteiger partial charge in [0.25, 0.3) is 5.91 Å². The SMILES string of the molecule is CCOc1ccc(NC(=O)CNC(=O)c2ccc(F)cc2)cc1S(=O)(=O)N(CC)CC. The van der Waals surface area contributed by atoms with Crippen LogP contribution in [0.4, 0.5) is 10.1 Å². The van der Waals surface area contributed by atoms with Crippen LogP contribution in [-0.2, 0) is 14.8 Å². The van der Waals surface area contributed by atoms with Gasteiger partial charge >= 0.3 is 0 Å². The maximum Gasteiger partial charge on any atom is 0.251 e. The van der Waals surface area contributed by atoms with E-state index in [-0.39, 0.29) is 48.1 Å². The zero-order chi connectivity index (χ0) is 23.0. The van der Waals surface area contributed by atoms with Crippen LogP contribution in [0.25, 0.3) is 0 Å². The highest BCUT2D eigenvalue weighted by Gasteiger charge is 2.26. The number of nitrogens with one attached hydrogen (secondary N) is 2. The minimum Gasteiger partial charge on any atom is -0.492 e. The molecule has 10 heteroatoms. The van der Waals surface area contributed by atoms with Gasteiger partial charge in [0.1, 0.15) is 16.5 Å². The van der Waals surface area contributed by atoms with Gasteiger partial charge < -0.3 is 15.4 Å². The van der Waals surface area contributed by atoms with Crippen molar-refractivity contribution < 1.29 is 27.1 Å². The van der Waals surface area contributed by atoms with Gasteiger partial charge in [-0.2, -0.15) is 4.31 Å². The Bertz CT molecular complexity index is 1020. The number of ether oxygens (including phenoxy) is 1. The number of halogens is 1. The van der Waals surface area contributed by atoms with Gasteiger partial charge in [0, 0.05) is 24.3 Å². The summed E-state index contributed by atoms with van der Waals surface area (Å²) < 4.78 is 45.6. The van der Waals surface area contributed by atoms with Crippen LogP contribution in [0.1, 0.15) is 31.1 Å². The third-order valence-electron chi connectivity index (χ3n) is 4.37. The summed E-state index contributed by atoms with van der Waals surface area (Å²) >= 11 is 0. The summed E-state index contributed by atoms with van der Waals surface area (Å²) in [6.45, 7) is 5.72. The van der Waals surface area contributed by atoms with E-state index in [4.69, 9.17) is 4.74 Å². The van der Waals surface area contributed by atoms with Crippen molar-refractivity contribution in [3.8, 4) is 5.75 Å². The third-order valence-corrected chi connectivity index (χ3v) is 6.44. The first kappa shape index (κ1) is 24.3. The number of rotatable bonds is 10. The minimum absolute atomic E-state index is 0.0498. The molecule has 168 valence electrons. The van der Waals surface area contributed by atoms with E-state index < -0.39 is 27.7 Å². The van der Waals surface area contributed by atoms with Gasteiger partial charge in [-0.3, -0.25) is 9.59 Å². The van der Waals surface area contributed by atoms with Gasteiger partial charge in [0.2, 0.25) is 15.9 Å². The number of carbonyl (C=O) groups excluding carboxylic acids is 2. The van der Waals surface area contributed by atoms with Crippen molar-refractivity contribution in [2.75, 3.05) is 31.6 Å². The molecule has 0 unspecified atom stereocenters. The Morgan fingerprint density at radius 3 is 2.26 bits per heavy atom. The molecule has 0 atom stereocenters. The molecule has 0 bridgehead atoms. The van der Waals surface area contributed by atoms with Crippen molar-refractivity contribution in [3.63, 3.8) is 0 Å². The normalized spacial score (nSPS) is 11.3. The van der Waals surface area contributed by atoms with Crippen molar-refractivity contribution in [1.82, 2.24) is 9.62 Å². The van der Waals surface area contributed by atoms with Crippen LogP contribution in [0.2, 0.25) is 0 Å². The molecule has 0 fully saturated rings. The van der Waals surface area contributed by atoms with Gasteiger partial charge in [-0.1, -0.05) is 13.8 Å². The summed E-state index contributed by atoms with van der Waals surface area (Å²) in [6, 6.07) is 9.23. The second-order valence-corrected chi connectivity index (χ2v) is 8.33. The van der Waals surface area contributed by atoms with E-state index >= 15 is 0 Å². The molecule has 8 nitrogen and oxygen atoms in total. The highest BCUT2D eigenvalue weighted by atomic mass is 32.2. The lowest BCUT2D eigenvalue weighted by atomic mass is 10.2. The molecule has 0 aliphatic rings. The Morgan fingerprint density at radius 2 is 1.68 bits per heavy atom. The Labute approximate surface area is 181 Å². The van der Waals surface area contributed by atoms with Crippen molar-refractivity contribution >= 4 is 27.5 Å². The zero-order valence-corrected chi connectivity index (χ0v) is 18.5. The van der Waals surface area contributed by atoms with E-state index in [0.717, 1.165) is 12.1 Å². The molecule has 0 aliphatic heterocycles. The molecule has 2 aromatic rings. The average molecular weight is 452 g/mol. The summed E-state index contributed by atoms with van der Waals surface area (Å²) in [5.74, 6) is -1.37. The van der Waals surface area contributed by atoms with Crippen molar-refractivity contribution in [2.45, 2.75) is 25.7 Å². The van der Waals surface area contributed by atoms with Gasteiger partial charge in [0.05, 0.1) is 13.2 Å². The molecule has 0 spiro atoms. The summed E-state index contributed by atoms with van der Waals surface area (Å²) in [6.07, 6.45) is 0. The molecule has 0 radical (unpaired) electrons. The molecule has 0 aromatic heterocycles. The Kier molecular flexibility index (Phi) is 8.52. The van der Waals surface area contributed by atoms with Crippen molar-refractivity contribution in [3.05, 3.63) is 53.8 Å². The summed E-state index contributed by atoms with van der Waals surface area (Å²) in [4.78, 5) is 24.2. The van der Waals surface area contributed by atoms with Crippen LogP contribution < -0.4 is 15.4 Å². The highest BCUT2D eigenvalue weighted by Crippen LogP contribution is 2.30. The van der Waals surface area contributed by atoms with Crippen LogP contribution in [0.3, 0.4) is 0 Å². The monoisotopic (exact) mass is 451 g/mol. The van der Waals surface area contributed by atoms with Crippen LogP contribution >= 0.6 is 0 Å². The van der Waals surface area contributed by atoms with Crippen LogP contribution in [0.5, 0.6) is 5.75 Å². The van der Waals surface area contributed by atoms with E-state index in [1.54, 1.807) is 20.8 Å². The number of carbonyl (C=O) groups is 2. The van der Waals surface area contributed by atoms with Crippen LogP contribution in [0.15, 0.2) is 47.4 Å². The number of amides is 2. The zero-order valence-electron chi connectivity index (χ0n) is 17.6. The Hall–Kier alpha value is -2.98. The molecule has 0 saturated heterocycles. The first-order chi connectivity index (χ1) is 14.7. The van der Waals surface area contributed by atoms with Gasteiger partial charge in [-0.25, -0.2) is 12.8 Å². The molecular formula is C21H26FN3O5S. The molecule has 0 heterocycles. The molecule has 31 heavy (non-hydrogen) atoms. The molecule has 2 aromatic carbocycles. The van der Waals surface area contributed by atoms with E-state index in [0.29, 0.717) is 0 Å². The fourth-order valence-electron chi connectivity index (χ4n) is 2.83. The largest absolute Gasteiger partial charge is 0.492 e.